The molecule has 9 rings (SSSR count). The van der Waals surface area contributed by atoms with Crippen molar-refractivity contribution >= 4 is 51.8 Å². The van der Waals surface area contributed by atoms with Crippen LogP contribution >= 0.6 is 12.2 Å². The maximum absolute atomic E-state index is 15.7. The maximum Gasteiger partial charge on any atom is 0.341 e. The number of aromatic carboxylic acids is 1. The Morgan fingerprint density at radius 2 is 1.47 bits per heavy atom. The van der Waals surface area contributed by atoms with Crippen molar-refractivity contribution in [3.05, 3.63) is 141 Å². The van der Waals surface area contributed by atoms with Gasteiger partial charge < -0.3 is 29.7 Å². The molecule has 4 heterocycles. The van der Waals surface area contributed by atoms with Gasteiger partial charge >= 0.3 is 5.97 Å². The number of nitrogens with zero attached hydrogens (tertiary/aromatic N) is 8. The van der Waals surface area contributed by atoms with E-state index in [1.807, 2.05) is 55.3 Å². The van der Waals surface area contributed by atoms with E-state index >= 15 is 8.78 Å². The molecule has 6 aromatic rings. The van der Waals surface area contributed by atoms with Crippen LogP contribution in [0.2, 0.25) is 0 Å². The Morgan fingerprint density at radius 1 is 0.800 bits per heavy atom. The van der Waals surface area contributed by atoms with E-state index in [1.54, 1.807) is 28.9 Å². The summed E-state index contributed by atoms with van der Waals surface area (Å²) < 4.78 is 50.8. The molecule has 1 saturated carbocycles. The lowest BCUT2D eigenvalue weighted by Gasteiger charge is -2.37. The lowest BCUT2D eigenvalue weighted by Crippen LogP contribution is -2.47. The number of anilines is 4. The number of carboxylic acid groups (broad SMARTS) is 1. The monoisotopic (exact) mass is 835 g/mol. The van der Waals surface area contributed by atoms with Gasteiger partial charge in [0.25, 0.3) is 0 Å². The number of fused-ring (bicyclic) bond motifs is 1. The molecule has 2 aliphatic heterocycles. The minimum Gasteiger partial charge on any atom is -0.477 e. The van der Waals surface area contributed by atoms with Crippen molar-refractivity contribution in [1.82, 2.24) is 23.8 Å². The summed E-state index contributed by atoms with van der Waals surface area (Å²) in [6, 6.07) is 24.5. The second kappa shape index (κ2) is 16.5. The number of benzene rings is 4. The van der Waals surface area contributed by atoms with Gasteiger partial charge in [0, 0.05) is 81.4 Å². The Morgan fingerprint density at radius 3 is 2.15 bits per heavy atom. The molecular weight excluding hydrogens is 792 g/mol. The number of hydrogen-bond donors (Lipinski definition) is 2. The third kappa shape index (κ3) is 8.08. The Bertz CT molecular complexity index is 2670. The normalized spacial score (nSPS) is 16.1. The maximum atomic E-state index is 15.7. The van der Waals surface area contributed by atoms with Crippen LogP contribution in [0.15, 0.2) is 95.9 Å². The van der Waals surface area contributed by atoms with Crippen LogP contribution in [-0.4, -0.2) is 87.2 Å². The van der Waals surface area contributed by atoms with Crippen molar-refractivity contribution in [2.75, 3.05) is 72.4 Å². The lowest BCUT2D eigenvalue weighted by molar-refractivity contribution is 0.0694. The fraction of sp³-hybridized carbons (Fsp3) is 0.318. The molecule has 2 N–H and O–H groups in total. The standard InChI is InChI=1S/C44H44F3N9O3S/c45-30-6-9-32(10-7-30)51-18-20-52(21-19-51)38-13-8-31(22-36(38)46)48-25-41-49-56(44(60)55(41)26-29-4-2-1-3-5-29)28-50-14-16-53(17-15-50)40-24-39-34(23-37(40)47)42(57)35(43(58)59)27-54(39)33-11-12-33/h1-10,13,22-24,27,33,48H,11-12,14-21,25-26,28H2,(H,58,59). The van der Waals surface area contributed by atoms with Crippen molar-refractivity contribution in [3.8, 4) is 0 Å². The van der Waals surface area contributed by atoms with E-state index in [1.165, 1.54) is 30.5 Å². The molecule has 3 aliphatic rings. The molecule has 12 nitrogen and oxygen atoms in total. The second-order valence-corrected chi connectivity index (χ2v) is 16.0. The molecule has 0 spiro atoms. The number of hydrogen-bond acceptors (Lipinski definition) is 9. The summed E-state index contributed by atoms with van der Waals surface area (Å²) in [5, 5.41) is 18.0. The summed E-state index contributed by atoms with van der Waals surface area (Å²) in [5.41, 5.74) is 3.04. The van der Waals surface area contributed by atoms with E-state index in [-0.39, 0.29) is 28.6 Å². The van der Waals surface area contributed by atoms with Crippen LogP contribution < -0.4 is 25.4 Å². The lowest BCUT2D eigenvalue weighted by atomic mass is 10.1. The molecular formula is C44H44F3N9O3S. The van der Waals surface area contributed by atoms with Crippen LogP contribution in [0.25, 0.3) is 10.9 Å². The third-order valence-electron chi connectivity index (χ3n) is 11.7. The number of carboxylic acids is 1. The van der Waals surface area contributed by atoms with Crippen LogP contribution in [0.4, 0.5) is 35.9 Å². The van der Waals surface area contributed by atoms with Crippen LogP contribution in [-0.2, 0) is 19.8 Å². The van der Waals surface area contributed by atoms with Crippen LogP contribution in [0, 0.1) is 22.2 Å². The number of rotatable bonds is 12. The quantitative estimate of drug-likeness (QED) is 0.126. The number of aromatic nitrogens is 4. The molecule has 310 valence electrons. The Hall–Kier alpha value is -6.13. The third-order valence-corrected chi connectivity index (χ3v) is 12.1. The minimum atomic E-state index is -1.32. The predicted octanol–water partition coefficient (Wildman–Crippen LogP) is 6.95. The van der Waals surface area contributed by atoms with Gasteiger partial charge in [-0.1, -0.05) is 30.3 Å². The minimum absolute atomic E-state index is 0.0733. The molecule has 3 fully saturated rings. The van der Waals surface area contributed by atoms with Crippen LogP contribution in [0.5, 0.6) is 0 Å². The Balaban J connectivity index is 0.876. The fourth-order valence-corrected chi connectivity index (χ4v) is 8.54. The molecule has 0 amide bonds. The first kappa shape index (κ1) is 39.3. The van der Waals surface area contributed by atoms with Gasteiger partial charge in [-0.25, -0.2) is 22.6 Å². The molecule has 0 unspecified atom stereocenters. The van der Waals surface area contributed by atoms with Crippen molar-refractivity contribution in [2.45, 2.75) is 38.6 Å². The van der Waals surface area contributed by atoms with Crippen LogP contribution in [0.3, 0.4) is 0 Å². The van der Waals surface area contributed by atoms with E-state index in [9.17, 15) is 19.1 Å². The van der Waals surface area contributed by atoms with Gasteiger partial charge in [0.1, 0.15) is 23.0 Å². The second-order valence-electron chi connectivity index (χ2n) is 15.6. The zero-order chi connectivity index (χ0) is 41.5. The number of halogens is 3. The van der Waals surface area contributed by atoms with Crippen LogP contribution in [0.1, 0.15) is 40.6 Å². The van der Waals surface area contributed by atoms with Gasteiger partial charge in [-0.2, -0.15) is 5.10 Å². The average molecular weight is 836 g/mol. The SMILES string of the molecule is O=C(O)c1cn(C2CC2)c2cc(N3CCN(Cn4nc(CNc5ccc(N6CCN(c7ccc(F)cc7)CC6)c(F)c5)n(Cc5ccccc5)c4=S)CC3)c(F)cc2c1=O. The molecule has 4 aromatic carbocycles. The summed E-state index contributed by atoms with van der Waals surface area (Å²) in [4.78, 5) is 33.1. The molecule has 0 atom stereocenters. The van der Waals surface area contributed by atoms with E-state index in [0.717, 1.165) is 24.1 Å². The number of nitrogens with one attached hydrogen (secondary N) is 1. The molecule has 2 aromatic heterocycles. The van der Waals surface area contributed by atoms with Crippen molar-refractivity contribution < 1.29 is 23.1 Å². The van der Waals surface area contributed by atoms with E-state index < -0.39 is 17.2 Å². The van der Waals surface area contributed by atoms with E-state index in [4.69, 9.17) is 17.3 Å². The molecule has 60 heavy (non-hydrogen) atoms. The van der Waals surface area contributed by atoms with E-state index in [0.29, 0.717) is 105 Å². The summed E-state index contributed by atoms with van der Waals surface area (Å²) in [6.07, 6.45) is 3.14. The molecule has 1 aliphatic carbocycles. The zero-order valence-corrected chi connectivity index (χ0v) is 33.6. The summed E-state index contributed by atoms with van der Waals surface area (Å²) in [7, 11) is 0. The first-order valence-electron chi connectivity index (χ1n) is 20.2. The van der Waals surface area contributed by atoms with Crippen molar-refractivity contribution in [1.29, 1.82) is 0 Å². The summed E-state index contributed by atoms with van der Waals surface area (Å²) in [5.74, 6) is -1.79. The summed E-state index contributed by atoms with van der Waals surface area (Å²) in [6.45, 7) is 6.10. The number of carbonyl (C=O) groups is 1. The molecule has 0 bridgehead atoms. The highest BCUT2D eigenvalue weighted by atomic mass is 32.1. The molecule has 0 radical (unpaired) electrons. The average Bonchev–Trinajstić information content (AvgIpc) is 4.06. The summed E-state index contributed by atoms with van der Waals surface area (Å²) >= 11 is 6.00. The van der Waals surface area contributed by atoms with Gasteiger partial charge in [0.2, 0.25) is 5.43 Å². The first-order chi connectivity index (χ1) is 29.1. The zero-order valence-electron chi connectivity index (χ0n) is 32.8. The topological polar surface area (TPSA) is 107 Å². The molecule has 16 heteroatoms. The highest BCUT2D eigenvalue weighted by Gasteiger charge is 2.29. The Labute approximate surface area is 349 Å². The largest absolute Gasteiger partial charge is 0.477 e. The van der Waals surface area contributed by atoms with Gasteiger partial charge in [-0.05, 0) is 85.2 Å². The van der Waals surface area contributed by atoms with Gasteiger partial charge in [-0.3, -0.25) is 14.3 Å². The predicted molar refractivity (Wildman–Crippen MR) is 228 cm³/mol. The van der Waals surface area contributed by atoms with Crippen molar-refractivity contribution in [2.24, 2.45) is 0 Å². The van der Waals surface area contributed by atoms with Gasteiger partial charge in [0.15, 0.2) is 10.6 Å². The van der Waals surface area contributed by atoms with E-state index in [2.05, 4.69) is 15.1 Å². The molecule has 2 saturated heterocycles. The smallest absolute Gasteiger partial charge is 0.341 e. The first-order valence-corrected chi connectivity index (χ1v) is 20.6. The Kier molecular flexibility index (Phi) is 10.8. The highest BCUT2D eigenvalue weighted by molar-refractivity contribution is 7.71. The highest BCUT2D eigenvalue weighted by Crippen LogP contribution is 2.38. The fourth-order valence-electron chi connectivity index (χ4n) is 8.27. The van der Waals surface area contributed by atoms with Gasteiger partial charge in [-0.15, -0.1) is 0 Å². The van der Waals surface area contributed by atoms with Crippen molar-refractivity contribution in [3.63, 3.8) is 0 Å². The van der Waals surface area contributed by atoms with Gasteiger partial charge in [0.05, 0.1) is 36.6 Å². The number of piperazine rings is 2. The number of pyridine rings is 1.